The Balaban J connectivity index is 1.80. The summed E-state index contributed by atoms with van der Waals surface area (Å²) in [4.78, 5) is 1.70. The number of nitrogens with one attached hydrogen (secondary N) is 1. The first-order valence-corrected chi connectivity index (χ1v) is 6.84. The van der Waals surface area contributed by atoms with Crippen molar-refractivity contribution in [1.82, 2.24) is 15.5 Å². The van der Waals surface area contributed by atoms with Gasteiger partial charge < -0.3 is 19.4 Å². The van der Waals surface area contributed by atoms with Gasteiger partial charge in [-0.05, 0) is 12.8 Å². The van der Waals surface area contributed by atoms with Gasteiger partial charge in [-0.25, -0.2) is 0 Å². The summed E-state index contributed by atoms with van der Waals surface area (Å²) in [6, 6.07) is 0.291. The summed E-state index contributed by atoms with van der Waals surface area (Å²) in [5.74, 6) is -0.814. The molecule has 0 aliphatic carbocycles. The normalized spacial score (nSPS) is 17.4. The lowest BCUT2D eigenvalue weighted by Gasteiger charge is -2.31. The summed E-state index contributed by atoms with van der Waals surface area (Å²) >= 11 is 0. The van der Waals surface area contributed by atoms with Crippen LogP contribution in [-0.4, -0.2) is 49.7 Å². The van der Waals surface area contributed by atoms with Crippen LogP contribution in [-0.2, 0) is 11.3 Å². The van der Waals surface area contributed by atoms with Crippen molar-refractivity contribution in [2.24, 2.45) is 5.92 Å². The van der Waals surface area contributed by atoms with Gasteiger partial charge in [0.15, 0.2) is 0 Å². The Morgan fingerprint density at radius 3 is 2.67 bits per heavy atom. The van der Waals surface area contributed by atoms with Crippen molar-refractivity contribution in [2.45, 2.75) is 25.6 Å². The van der Waals surface area contributed by atoms with Crippen molar-refractivity contribution < 1.29 is 22.3 Å². The van der Waals surface area contributed by atoms with Gasteiger partial charge in [0.2, 0.25) is 5.89 Å². The third-order valence-electron chi connectivity index (χ3n) is 3.44. The Labute approximate surface area is 120 Å². The molecule has 2 rings (SSSR count). The van der Waals surface area contributed by atoms with Gasteiger partial charge in [-0.2, -0.15) is 13.2 Å². The Hall–Kier alpha value is -1.35. The number of rotatable bonds is 6. The number of piperidine rings is 1. The molecule has 1 aliphatic rings. The molecular weight excluding hydrogens is 289 g/mol. The van der Waals surface area contributed by atoms with E-state index in [4.69, 9.17) is 9.15 Å². The third kappa shape index (κ3) is 4.57. The average molecular weight is 308 g/mol. The number of nitrogens with zero attached hydrogens (tertiary/aromatic N) is 3. The minimum absolute atomic E-state index is 0.0628. The minimum atomic E-state index is -4.11. The summed E-state index contributed by atoms with van der Waals surface area (Å²) in [7, 11) is 1.61. The van der Waals surface area contributed by atoms with Gasteiger partial charge in [-0.3, -0.25) is 0 Å². The zero-order chi connectivity index (χ0) is 15.3. The maximum absolute atomic E-state index is 12.6. The SMILES string of the molecule is COCCNCc1nnc(N2CCC(C(F)(F)F)CC2)o1. The smallest absolute Gasteiger partial charge is 0.391 e. The molecule has 1 aromatic rings. The molecule has 0 saturated carbocycles. The van der Waals surface area contributed by atoms with Crippen molar-refractivity contribution in [1.29, 1.82) is 0 Å². The van der Waals surface area contributed by atoms with E-state index < -0.39 is 12.1 Å². The topological polar surface area (TPSA) is 63.4 Å². The lowest BCUT2D eigenvalue weighted by molar-refractivity contribution is -0.179. The van der Waals surface area contributed by atoms with Crippen LogP contribution in [0.1, 0.15) is 18.7 Å². The second-order valence-corrected chi connectivity index (χ2v) is 4.95. The van der Waals surface area contributed by atoms with E-state index in [0.717, 1.165) is 0 Å². The third-order valence-corrected chi connectivity index (χ3v) is 3.44. The van der Waals surface area contributed by atoms with Crippen LogP contribution in [0.15, 0.2) is 4.42 Å². The zero-order valence-corrected chi connectivity index (χ0v) is 11.8. The molecule has 1 aromatic heterocycles. The molecule has 2 heterocycles. The van der Waals surface area contributed by atoms with Crippen LogP contribution in [0, 0.1) is 5.92 Å². The van der Waals surface area contributed by atoms with E-state index in [1.807, 2.05) is 0 Å². The predicted molar refractivity (Wildman–Crippen MR) is 68.9 cm³/mol. The van der Waals surface area contributed by atoms with E-state index in [-0.39, 0.29) is 25.9 Å². The standard InChI is InChI=1S/C12H19F3N4O2/c1-20-7-4-16-8-10-17-18-11(21-10)19-5-2-9(3-6-19)12(13,14)15/h9,16H,2-8H2,1H3. The van der Waals surface area contributed by atoms with E-state index in [1.165, 1.54) is 0 Å². The van der Waals surface area contributed by atoms with Gasteiger partial charge >= 0.3 is 12.2 Å². The van der Waals surface area contributed by atoms with Crippen LogP contribution in [0.3, 0.4) is 0 Å². The van der Waals surface area contributed by atoms with Crippen molar-refractivity contribution in [2.75, 3.05) is 38.3 Å². The monoisotopic (exact) mass is 308 g/mol. The van der Waals surface area contributed by atoms with Crippen molar-refractivity contribution in [3.05, 3.63) is 5.89 Å². The highest BCUT2D eigenvalue weighted by molar-refractivity contribution is 5.24. The van der Waals surface area contributed by atoms with Crippen LogP contribution in [0.25, 0.3) is 0 Å². The summed E-state index contributed by atoms with van der Waals surface area (Å²) in [5.41, 5.74) is 0. The molecule has 0 aromatic carbocycles. The highest BCUT2D eigenvalue weighted by atomic mass is 19.4. The van der Waals surface area contributed by atoms with E-state index in [1.54, 1.807) is 12.0 Å². The number of halogens is 3. The largest absolute Gasteiger partial charge is 0.407 e. The second-order valence-electron chi connectivity index (χ2n) is 4.95. The first-order chi connectivity index (χ1) is 10.0. The number of anilines is 1. The molecule has 0 radical (unpaired) electrons. The van der Waals surface area contributed by atoms with Gasteiger partial charge in [0, 0.05) is 26.7 Å². The number of aromatic nitrogens is 2. The number of hydrogen-bond acceptors (Lipinski definition) is 6. The van der Waals surface area contributed by atoms with Gasteiger partial charge in [-0.1, -0.05) is 5.10 Å². The first kappa shape index (κ1) is 16.0. The summed E-state index contributed by atoms with van der Waals surface area (Å²) < 4.78 is 48.1. The lowest BCUT2D eigenvalue weighted by Crippen LogP contribution is -2.39. The maximum Gasteiger partial charge on any atom is 0.391 e. The van der Waals surface area contributed by atoms with Crippen LogP contribution in [0.4, 0.5) is 19.2 Å². The molecule has 0 bridgehead atoms. The highest BCUT2D eigenvalue weighted by Crippen LogP contribution is 2.35. The Kier molecular flexibility index (Phi) is 5.40. The van der Waals surface area contributed by atoms with E-state index in [0.29, 0.717) is 31.6 Å². The molecule has 120 valence electrons. The minimum Gasteiger partial charge on any atom is -0.407 e. The highest BCUT2D eigenvalue weighted by Gasteiger charge is 2.41. The van der Waals surface area contributed by atoms with Crippen LogP contribution in [0.2, 0.25) is 0 Å². The predicted octanol–water partition coefficient (Wildman–Crippen LogP) is 1.58. The van der Waals surface area contributed by atoms with Crippen LogP contribution in [0.5, 0.6) is 0 Å². The van der Waals surface area contributed by atoms with E-state index in [2.05, 4.69) is 15.5 Å². The molecule has 6 nitrogen and oxygen atoms in total. The summed E-state index contributed by atoms with van der Waals surface area (Å²) in [6.45, 7) is 2.21. The maximum atomic E-state index is 12.6. The van der Waals surface area contributed by atoms with E-state index >= 15 is 0 Å². The molecule has 1 saturated heterocycles. The molecule has 9 heteroatoms. The lowest BCUT2D eigenvalue weighted by atomic mass is 9.97. The number of hydrogen-bond donors (Lipinski definition) is 1. The van der Waals surface area contributed by atoms with Crippen molar-refractivity contribution >= 4 is 6.01 Å². The molecule has 21 heavy (non-hydrogen) atoms. The Bertz CT molecular complexity index is 430. The van der Waals surface area contributed by atoms with Crippen LogP contribution >= 0.6 is 0 Å². The average Bonchev–Trinajstić information content (AvgIpc) is 2.92. The molecule has 0 spiro atoms. The van der Waals surface area contributed by atoms with Gasteiger partial charge in [0.05, 0.1) is 19.1 Å². The fourth-order valence-corrected chi connectivity index (χ4v) is 2.21. The molecular formula is C12H19F3N4O2. The van der Waals surface area contributed by atoms with Crippen molar-refractivity contribution in [3.63, 3.8) is 0 Å². The summed E-state index contributed by atoms with van der Waals surface area (Å²) in [6.07, 6.45) is -3.99. The quantitative estimate of drug-likeness (QED) is 0.805. The van der Waals surface area contributed by atoms with Gasteiger partial charge in [0.25, 0.3) is 0 Å². The Morgan fingerprint density at radius 1 is 1.33 bits per heavy atom. The molecule has 0 atom stereocenters. The van der Waals surface area contributed by atoms with E-state index in [9.17, 15) is 13.2 Å². The first-order valence-electron chi connectivity index (χ1n) is 6.84. The van der Waals surface area contributed by atoms with Gasteiger partial charge in [-0.15, -0.1) is 5.10 Å². The van der Waals surface area contributed by atoms with Crippen LogP contribution < -0.4 is 10.2 Å². The molecule has 0 amide bonds. The second kappa shape index (κ2) is 7.08. The summed E-state index contributed by atoms with van der Waals surface area (Å²) in [5, 5.41) is 10.8. The number of methoxy groups -OCH3 is 1. The van der Waals surface area contributed by atoms with Gasteiger partial charge in [0.1, 0.15) is 0 Å². The fourth-order valence-electron chi connectivity index (χ4n) is 2.21. The molecule has 0 unspecified atom stereocenters. The van der Waals surface area contributed by atoms with Crippen molar-refractivity contribution in [3.8, 4) is 0 Å². The Morgan fingerprint density at radius 2 is 2.05 bits per heavy atom. The zero-order valence-electron chi connectivity index (χ0n) is 11.8. The molecule has 1 N–H and O–H groups in total. The number of ether oxygens (including phenoxy) is 1. The number of alkyl halides is 3. The molecule has 1 aliphatic heterocycles. The molecule has 1 fully saturated rings. The fraction of sp³-hybridized carbons (Fsp3) is 0.833.